The summed E-state index contributed by atoms with van der Waals surface area (Å²) >= 11 is 0. The van der Waals surface area contributed by atoms with Gasteiger partial charge in [-0.05, 0) is 53.8 Å². The summed E-state index contributed by atoms with van der Waals surface area (Å²) in [6.07, 6.45) is 5.61. The minimum Gasteiger partial charge on any atom is -0.299 e. The second-order valence-corrected chi connectivity index (χ2v) is 8.31. The van der Waals surface area contributed by atoms with Gasteiger partial charge in [-0.1, -0.05) is 12.2 Å². The molecule has 0 aromatic carbocycles. The number of carbonyl (C=O) groups excluding carboxylic acids is 2. The summed E-state index contributed by atoms with van der Waals surface area (Å²) in [5, 5.41) is 0. The Bertz CT molecular complexity index is 569. The number of allylic oxidation sites excluding steroid dienone is 2. The third-order valence-corrected chi connectivity index (χ3v) is 8.59. The monoisotopic (exact) mass is 252 g/mol. The fourth-order valence-electron chi connectivity index (χ4n) is 8.79. The smallest absolute Gasteiger partial charge is 0.140 e. The van der Waals surface area contributed by atoms with E-state index >= 15 is 0 Å². The molecule has 0 amide bonds. The molecule has 2 nitrogen and oxygen atoms in total. The van der Waals surface area contributed by atoms with Crippen LogP contribution in [-0.4, -0.2) is 11.6 Å². The van der Waals surface area contributed by atoms with E-state index in [0.717, 1.165) is 12.3 Å². The van der Waals surface area contributed by atoms with E-state index in [2.05, 4.69) is 12.2 Å². The van der Waals surface area contributed by atoms with E-state index in [4.69, 9.17) is 0 Å². The van der Waals surface area contributed by atoms with Gasteiger partial charge in [0, 0.05) is 23.7 Å². The first-order valence-corrected chi connectivity index (χ1v) is 8.05. The van der Waals surface area contributed by atoms with E-state index in [9.17, 15) is 9.59 Å². The van der Waals surface area contributed by atoms with Crippen molar-refractivity contribution in [2.75, 3.05) is 0 Å². The molecule has 96 valence electrons. The predicted molar refractivity (Wildman–Crippen MR) is 65.7 cm³/mol. The van der Waals surface area contributed by atoms with Crippen LogP contribution in [0.15, 0.2) is 12.2 Å². The van der Waals surface area contributed by atoms with Crippen LogP contribution >= 0.6 is 0 Å². The van der Waals surface area contributed by atoms with Crippen LogP contribution in [0.4, 0.5) is 0 Å². The molecule has 0 spiro atoms. The minimum atomic E-state index is 0.286. The molecule has 0 heterocycles. The van der Waals surface area contributed by atoms with Crippen LogP contribution in [0.25, 0.3) is 0 Å². The van der Waals surface area contributed by atoms with Crippen LogP contribution < -0.4 is 0 Å². The number of rotatable bonds is 0. The molecule has 0 radical (unpaired) electrons. The number of ketones is 2. The maximum absolute atomic E-state index is 12.8. The molecule has 12 atom stereocenters. The summed E-state index contributed by atoms with van der Waals surface area (Å²) < 4.78 is 0. The zero-order valence-electron chi connectivity index (χ0n) is 10.6. The summed E-state index contributed by atoms with van der Waals surface area (Å²) in [6.45, 7) is 0. The van der Waals surface area contributed by atoms with Crippen molar-refractivity contribution < 1.29 is 9.59 Å². The highest BCUT2D eigenvalue weighted by Crippen LogP contribution is 2.82. The molecule has 6 fully saturated rings. The lowest BCUT2D eigenvalue weighted by molar-refractivity contribution is -0.128. The predicted octanol–water partition coefficient (Wildman–Crippen LogP) is 1.56. The van der Waals surface area contributed by atoms with Gasteiger partial charge in [-0.2, -0.15) is 0 Å². The van der Waals surface area contributed by atoms with E-state index in [1.165, 1.54) is 0 Å². The van der Waals surface area contributed by atoms with Crippen molar-refractivity contribution in [1.82, 2.24) is 0 Å². The molecule has 0 N–H and O–H groups in total. The summed E-state index contributed by atoms with van der Waals surface area (Å²) in [7, 11) is 0. The summed E-state index contributed by atoms with van der Waals surface area (Å²) in [5.41, 5.74) is 0. The summed E-state index contributed by atoms with van der Waals surface area (Å²) in [4.78, 5) is 25.6. The van der Waals surface area contributed by atoms with Gasteiger partial charge >= 0.3 is 0 Å². The van der Waals surface area contributed by atoms with Gasteiger partial charge in [-0.15, -0.1) is 0 Å². The molecule has 0 bridgehead atoms. The van der Waals surface area contributed by atoms with Gasteiger partial charge in [0.15, 0.2) is 0 Å². The molecule has 6 saturated carbocycles. The molecule has 7 aliphatic carbocycles. The van der Waals surface area contributed by atoms with Gasteiger partial charge in [0.1, 0.15) is 11.6 Å². The van der Waals surface area contributed by atoms with E-state index < -0.39 is 0 Å². The van der Waals surface area contributed by atoms with E-state index in [1.807, 2.05) is 0 Å². The van der Waals surface area contributed by atoms with Crippen molar-refractivity contribution in [1.29, 1.82) is 0 Å². The zero-order chi connectivity index (χ0) is 12.2. The Hall–Kier alpha value is -0.920. The molecule has 2 unspecified atom stereocenters. The fourth-order valence-corrected chi connectivity index (χ4v) is 8.79. The van der Waals surface area contributed by atoms with Gasteiger partial charge in [0.25, 0.3) is 0 Å². The average Bonchev–Trinajstić information content (AvgIpc) is 3.10. The van der Waals surface area contributed by atoms with E-state index in [-0.39, 0.29) is 11.8 Å². The Kier molecular flexibility index (Phi) is 1.09. The first-order chi connectivity index (χ1) is 9.29. The van der Waals surface area contributed by atoms with Crippen LogP contribution in [0, 0.1) is 71.0 Å². The van der Waals surface area contributed by atoms with Crippen molar-refractivity contribution in [3.8, 4) is 0 Å². The second kappa shape index (κ2) is 2.27. The van der Waals surface area contributed by atoms with Crippen molar-refractivity contribution in [3.05, 3.63) is 12.2 Å². The first-order valence-electron chi connectivity index (χ1n) is 8.05. The Morgan fingerprint density at radius 1 is 0.684 bits per heavy atom. The maximum Gasteiger partial charge on any atom is 0.140 e. The van der Waals surface area contributed by atoms with Gasteiger partial charge in [-0.25, -0.2) is 0 Å². The Labute approximate surface area is 111 Å². The molecule has 0 aliphatic heterocycles. The summed E-state index contributed by atoms with van der Waals surface area (Å²) in [5.74, 6) is 7.57. The third-order valence-electron chi connectivity index (χ3n) is 8.59. The minimum absolute atomic E-state index is 0.286. The maximum atomic E-state index is 12.8. The lowest BCUT2D eigenvalue weighted by atomic mass is 9.79. The van der Waals surface area contributed by atoms with Crippen molar-refractivity contribution >= 4 is 11.6 Å². The van der Waals surface area contributed by atoms with Crippen molar-refractivity contribution in [3.63, 3.8) is 0 Å². The topological polar surface area (TPSA) is 34.1 Å². The van der Waals surface area contributed by atoms with Gasteiger partial charge in [0.2, 0.25) is 0 Å². The standard InChI is InChI=1S/C17H16O2/c18-16-6-3-7-10-9(6)14-11(16)4-1-2-5-8(4)13(14)15(10)12(5)17(7)19/h1-2,4-15H,3H2/t4-,5-,6-,7+,8?,9-,10-,11-,12-,13?,14-,15+/m0/s1. The van der Waals surface area contributed by atoms with Crippen LogP contribution in [-0.2, 0) is 9.59 Å². The highest BCUT2D eigenvalue weighted by molar-refractivity contribution is 5.95. The molecular weight excluding hydrogens is 236 g/mol. The Morgan fingerprint density at radius 2 is 1.21 bits per heavy atom. The molecular formula is C17H16O2. The number of Topliss-reactive ketones (excluding diaryl/α,β-unsaturated/α-hetero) is 2. The largest absolute Gasteiger partial charge is 0.299 e. The van der Waals surface area contributed by atoms with E-state index in [1.54, 1.807) is 0 Å². The third kappa shape index (κ3) is 0.606. The quantitative estimate of drug-likeness (QED) is 0.613. The number of hydrogen-bond donors (Lipinski definition) is 0. The van der Waals surface area contributed by atoms with Crippen LogP contribution in [0.5, 0.6) is 0 Å². The van der Waals surface area contributed by atoms with Gasteiger partial charge in [-0.3, -0.25) is 9.59 Å². The second-order valence-electron chi connectivity index (χ2n) is 8.31. The number of carbonyl (C=O) groups is 2. The van der Waals surface area contributed by atoms with Crippen molar-refractivity contribution in [2.24, 2.45) is 71.0 Å². The number of fused-ring (bicyclic) bond motifs is 2. The Morgan fingerprint density at radius 3 is 1.74 bits per heavy atom. The molecule has 19 heavy (non-hydrogen) atoms. The molecule has 0 aromatic rings. The first kappa shape index (κ1) is 9.10. The zero-order valence-corrected chi connectivity index (χ0v) is 10.6. The van der Waals surface area contributed by atoms with Gasteiger partial charge < -0.3 is 0 Å². The lowest BCUT2D eigenvalue weighted by Crippen LogP contribution is -2.29. The average molecular weight is 252 g/mol. The highest BCUT2D eigenvalue weighted by Gasteiger charge is 2.82. The van der Waals surface area contributed by atoms with Crippen LogP contribution in [0.2, 0.25) is 0 Å². The normalized spacial score (nSPS) is 75.2. The Balaban J connectivity index is 1.61. The van der Waals surface area contributed by atoms with Gasteiger partial charge in [0.05, 0.1) is 0 Å². The lowest BCUT2D eigenvalue weighted by Gasteiger charge is -2.23. The van der Waals surface area contributed by atoms with Crippen LogP contribution in [0.1, 0.15) is 6.42 Å². The number of hydrogen-bond acceptors (Lipinski definition) is 2. The molecule has 7 aliphatic rings. The van der Waals surface area contributed by atoms with Crippen molar-refractivity contribution in [2.45, 2.75) is 6.42 Å². The molecule has 0 aromatic heterocycles. The van der Waals surface area contributed by atoms with Crippen LogP contribution in [0.3, 0.4) is 0 Å². The highest BCUT2D eigenvalue weighted by atomic mass is 16.1. The molecule has 7 rings (SSSR count). The molecule has 2 heteroatoms. The molecule has 0 saturated heterocycles. The SMILES string of the molecule is O=C1[C@@H]2[C@H]3C4C5[C@@H]2C=C[C@@H]5[C@@H]2C(=O)[C@@H]5C[C@H]1[C@H]3[C@H]5[C@@H]42. The summed E-state index contributed by atoms with van der Waals surface area (Å²) in [6, 6.07) is 0. The van der Waals surface area contributed by atoms with E-state index in [0.29, 0.717) is 64.8 Å². The fraction of sp³-hybridized carbons (Fsp3) is 0.765.